The van der Waals surface area contributed by atoms with Crippen molar-refractivity contribution in [2.45, 2.75) is 31.9 Å². The van der Waals surface area contributed by atoms with E-state index in [-0.39, 0.29) is 6.23 Å². The van der Waals surface area contributed by atoms with Crippen LogP contribution in [0.25, 0.3) is 0 Å². The number of ether oxygens (including phenoxy) is 1. The lowest BCUT2D eigenvalue weighted by molar-refractivity contribution is -0.118. The Bertz CT molecular complexity index is 295. The molecule has 1 atom stereocenters. The molecule has 0 saturated carbocycles. The number of rotatable bonds is 0. The lowest BCUT2D eigenvalue weighted by Crippen LogP contribution is -2.37. The number of nitrogens with zero attached hydrogens (tertiary/aromatic N) is 1. The van der Waals surface area contributed by atoms with Crippen molar-refractivity contribution in [1.82, 2.24) is 4.90 Å². The van der Waals surface area contributed by atoms with Crippen LogP contribution in [0.15, 0.2) is 11.3 Å². The Labute approximate surface area is 77.4 Å². The third-order valence-electron chi connectivity index (χ3n) is 3.19. The molecule has 0 radical (unpaired) electrons. The number of Topliss-reactive ketones (excluding diaryl/α,β-unsaturated/α-hetero) is 1. The molecular weight excluding hydrogens is 166 g/mol. The van der Waals surface area contributed by atoms with Crippen molar-refractivity contribution in [2.75, 3.05) is 13.2 Å². The molecule has 1 saturated heterocycles. The Kier molecular flexibility index (Phi) is 1.50. The molecule has 70 valence electrons. The minimum absolute atomic E-state index is 0.209. The van der Waals surface area contributed by atoms with Crippen LogP contribution in [0.4, 0.5) is 0 Å². The normalized spacial score (nSPS) is 32.5. The van der Waals surface area contributed by atoms with Gasteiger partial charge in [0.15, 0.2) is 5.78 Å². The van der Waals surface area contributed by atoms with Gasteiger partial charge in [-0.1, -0.05) is 0 Å². The SMILES string of the molecule is O=C1CCC2=C1N1CCCC1OC2. The molecule has 0 bridgehead atoms. The Hall–Kier alpha value is -0.830. The molecule has 2 heterocycles. The first-order valence-electron chi connectivity index (χ1n) is 5.00. The molecule has 2 aliphatic heterocycles. The van der Waals surface area contributed by atoms with Crippen molar-refractivity contribution in [3.63, 3.8) is 0 Å². The van der Waals surface area contributed by atoms with E-state index in [4.69, 9.17) is 4.74 Å². The van der Waals surface area contributed by atoms with Crippen molar-refractivity contribution in [2.24, 2.45) is 0 Å². The van der Waals surface area contributed by atoms with Gasteiger partial charge >= 0.3 is 0 Å². The maximum Gasteiger partial charge on any atom is 0.179 e. The summed E-state index contributed by atoms with van der Waals surface area (Å²) in [4.78, 5) is 13.8. The Morgan fingerprint density at radius 2 is 2.31 bits per heavy atom. The maximum absolute atomic E-state index is 11.6. The number of carbonyl (C=O) groups is 1. The number of carbonyl (C=O) groups excluding carboxylic acids is 1. The van der Waals surface area contributed by atoms with Gasteiger partial charge in [0.2, 0.25) is 0 Å². The molecule has 0 aromatic rings. The van der Waals surface area contributed by atoms with Crippen LogP contribution < -0.4 is 0 Å². The van der Waals surface area contributed by atoms with Crippen LogP contribution >= 0.6 is 0 Å². The van der Waals surface area contributed by atoms with Gasteiger partial charge in [0.1, 0.15) is 6.23 Å². The molecule has 0 N–H and O–H groups in total. The topological polar surface area (TPSA) is 29.5 Å². The lowest BCUT2D eigenvalue weighted by Gasteiger charge is -2.32. The Morgan fingerprint density at radius 1 is 1.38 bits per heavy atom. The van der Waals surface area contributed by atoms with Crippen LogP contribution in [0.5, 0.6) is 0 Å². The molecule has 0 aromatic heterocycles. The van der Waals surface area contributed by atoms with Crippen molar-refractivity contribution in [3.8, 4) is 0 Å². The molecule has 1 unspecified atom stereocenters. The van der Waals surface area contributed by atoms with Crippen LogP contribution in [-0.2, 0) is 9.53 Å². The predicted octanol–water partition coefficient (Wildman–Crippen LogP) is 1.06. The predicted molar refractivity (Wildman–Crippen MR) is 46.9 cm³/mol. The zero-order chi connectivity index (χ0) is 8.84. The monoisotopic (exact) mass is 179 g/mol. The first-order chi connectivity index (χ1) is 6.36. The molecule has 3 aliphatic rings. The molecular formula is C10H13NO2. The fourth-order valence-corrected chi connectivity index (χ4v) is 2.56. The molecule has 3 rings (SSSR count). The maximum atomic E-state index is 11.6. The average Bonchev–Trinajstić information content (AvgIpc) is 2.70. The summed E-state index contributed by atoms with van der Waals surface area (Å²) in [6, 6.07) is 0. The zero-order valence-electron chi connectivity index (χ0n) is 7.58. The molecule has 1 aliphatic carbocycles. The van der Waals surface area contributed by atoms with Gasteiger partial charge in [-0.05, 0) is 24.8 Å². The molecule has 0 spiro atoms. The van der Waals surface area contributed by atoms with E-state index < -0.39 is 0 Å². The second kappa shape index (κ2) is 2.58. The highest BCUT2D eigenvalue weighted by atomic mass is 16.5. The summed E-state index contributed by atoms with van der Waals surface area (Å²) < 4.78 is 5.68. The third-order valence-corrected chi connectivity index (χ3v) is 3.19. The first-order valence-corrected chi connectivity index (χ1v) is 5.00. The van der Waals surface area contributed by atoms with Gasteiger partial charge in [0.25, 0.3) is 0 Å². The minimum Gasteiger partial charge on any atom is -0.354 e. The summed E-state index contributed by atoms with van der Waals surface area (Å²) in [5, 5.41) is 0. The smallest absolute Gasteiger partial charge is 0.179 e. The van der Waals surface area contributed by atoms with Crippen LogP contribution in [-0.4, -0.2) is 30.1 Å². The zero-order valence-corrected chi connectivity index (χ0v) is 7.58. The summed E-state index contributed by atoms with van der Waals surface area (Å²) >= 11 is 0. The summed E-state index contributed by atoms with van der Waals surface area (Å²) in [5.74, 6) is 0.338. The van der Waals surface area contributed by atoms with Crippen molar-refractivity contribution in [1.29, 1.82) is 0 Å². The molecule has 13 heavy (non-hydrogen) atoms. The highest BCUT2D eigenvalue weighted by Crippen LogP contribution is 2.36. The van der Waals surface area contributed by atoms with E-state index in [2.05, 4.69) is 4.90 Å². The summed E-state index contributed by atoms with van der Waals surface area (Å²) in [7, 11) is 0. The highest BCUT2D eigenvalue weighted by molar-refractivity contribution is 5.98. The summed E-state index contributed by atoms with van der Waals surface area (Å²) in [6.07, 6.45) is 4.09. The Balaban J connectivity index is 2.00. The molecule has 3 heteroatoms. The second-order valence-electron chi connectivity index (χ2n) is 3.98. The second-order valence-corrected chi connectivity index (χ2v) is 3.98. The Morgan fingerprint density at radius 3 is 3.23 bits per heavy atom. The summed E-state index contributed by atoms with van der Waals surface area (Å²) in [5.41, 5.74) is 2.25. The van der Waals surface area contributed by atoms with E-state index in [1.807, 2.05) is 0 Å². The van der Waals surface area contributed by atoms with Gasteiger partial charge in [-0.15, -0.1) is 0 Å². The number of allylic oxidation sites excluding steroid dienone is 1. The number of hydrogen-bond donors (Lipinski definition) is 0. The van der Waals surface area contributed by atoms with Crippen molar-refractivity contribution in [3.05, 3.63) is 11.3 Å². The van der Waals surface area contributed by atoms with Crippen LogP contribution in [0.1, 0.15) is 25.7 Å². The van der Waals surface area contributed by atoms with E-state index in [9.17, 15) is 4.79 Å². The van der Waals surface area contributed by atoms with E-state index in [0.29, 0.717) is 18.8 Å². The average molecular weight is 179 g/mol. The van der Waals surface area contributed by atoms with Gasteiger partial charge < -0.3 is 9.64 Å². The number of hydrogen-bond acceptors (Lipinski definition) is 3. The molecule has 3 nitrogen and oxygen atoms in total. The lowest BCUT2D eigenvalue weighted by atomic mass is 10.2. The van der Waals surface area contributed by atoms with Crippen LogP contribution in [0.3, 0.4) is 0 Å². The molecule has 0 aromatic carbocycles. The van der Waals surface area contributed by atoms with E-state index in [0.717, 1.165) is 31.5 Å². The fourth-order valence-electron chi connectivity index (χ4n) is 2.56. The standard InChI is InChI=1S/C10H13NO2/c12-8-4-3-7-6-13-9-2-1-5-11(9)10(7)8/h9H,1-6H2. The van der Waals surface area contributed by atoms with Gasteiger partial charge in [-0.3, -0.25) is 4.79 Å². The number of ketones is 1. The van der Waals surface area contributed by atoms with Crippen molar-refractivity contribution < 1.29 is 9.53 Å². The quantitative estimate of drug-likeness (QED) is 0.556. The van der Waals surface area contributed by atoms with Crippen molar-refractivity contribution >= 4 is 5.78 Å². The minimum atomic E-state index is 0.209. The van der Waals surface area contributed by atoms with E-state index in [1.54, 1.807) is 0 Å². The molecule has 0 amide bonds. The number of fused-ring (bicyclic) bond motifs is 2. The van der Waals surface area contributed by atoms with Gasteiger partial charge in [-0.2, -0.15) is 0 Å². The van der Waals surface area contributed by atoms with Gasteiger partial charge in [-0.25, -0.2) is 0 Å². The third kappa shape index (κ3) is 0.967. The molecule has 1 fully saturated rings. The summed E-state index contributed by atoms with van der Waals surface area (Å²) in [6.45, 7) is 1.71. The highest BCUT2D eigenvalue weighted by Gasteiger charge is 2.38. The van der Waals surface area contributed by atoms with E-state index in [1.165, 1.54) is 5.57 Å². The van der Waals surface area contributed by atoms with E-state index >= 15 is 0 Å². The van der Waals surface area contributed by atoms with Gasteiger partial charge in [0, 0.05) is 13.0 Å². The largest absolute Gasteiger partial charge is 0.354 e. The first kappa shape index (κ1) is 7.56. The fraction of sp³-hybridized carbons (Fsp3) is 0.700. The van der Waals surface area contributed by atoms with Crippen LogP contribution in [0, 0.1) is 0 Å². The van der Waals surface area contributed by atoms with Crippen LogP contribution in [0.2, 0.25) is 0 Å². The van der Waals surface area contributed by atoms with Gasteiger partial charge in [0.05, 0.1) is 12.3 Å².